The van der Waals surface area contributed by atoms with Crippen LogP contribution < -0.4 is 10.6 Å². The Morgan fingerprint density at radius 2 is 1.86 bits per heavy atom. The number of rotatable bonds is 4. The van der Waals surface area contributed by atoms with E-state index in [9.17, 15) is 13.6 Å². The van der Waals surface area contributed by atoms with Crippen LogP contribution in [-0.2, 0) is 4.79 Å². The van der Waals surface area contributed by atoms with Crippen molar-refractivity contribution in [1.29, 1.82) is 0 Å². The monoisotopic (exact) mass is 374 g/mol. The number of halogens is 4. The van der Waals surface area contributed by atoms with Gasteiger partial charge in [-0.3, -0.25) is 4.79 Å². The third-order valence-corrected chi connectivity index (χ3v) is 3.23. The predicted molar refractivity (Wildman–Crippen MR) is 82.6 cm³/mol. The van der Waals surface area contributed by atoms with Crippen LogP contribution in [0.15, 0.2) is 40.9 Å². The minimum absolute atomic E-state index is 0.276. The van der Waals surface area contributed by atoms with Crippen molar-refractivity contribution in [2.24, 2.45) is 0 Å². The summed E-state index contributed by atoms with van der Waals surface area (Å²) in [4.78, 5) is 11.7. The molecule has 0 aromatic heterocycles. The third kappa shape index (κ3) is 4.41. The fourth-order valence-corrected chi connectivity index (χ4v) is 2.24. The lowest BCUT2D eigenvalue weighted by molar-refractivity contribution is -0.114. The van der Waals surface area contributed by atoms with E-state index in [1.807, 2.05) is 0 Å². The Kier molecular flexibility index (Phi) is 5.14. The zero-order valence-corrected chi connectivity index (χ0v) is 12.9. The number of carbonyl (C=O) groups excluding carboxylic acids is 1. The number of hydrogen-bond donors (Lipinski definition) is 2. The predicted octanol–water partition coefficient (Wildman–Crippen LogP) is 4.43. The molecule has 0 fully saturated rings. The molecule has 0 atom stereocenters. The van der Waals surface area contributed by atoms with Gasteiger partial charge in [0.25, 0.3) is 0 Å². The molecule has 2 aromatic carbocycles. The Hall–Kier alpha value is -1.66. The van der Waals surface area contributed by atoms with Crippen LogP contribution in [0.25, 0.3) is 0 Å². The van der Waals surface area contributed by atoms with Crippen LogP contribution >= 0.6 is 27.5 Å². The first-order valence-corrected chi connectivity index (χ1v) is 7.06. The second kappa shape index (κ2) is 6.87. The van der Waals surface area contributed by atoms with Crippen LogP contribution in [0.5, 0.6) is 0 Å². The highest BCUT2D eigenvalue weighted by Gasteiger charge is 2.11. The number of nitrogens with one attached hydrogen (secondary N) is 2. The molecule has 0 radical (unpaired) electrons. The maximum absolute atomic E-state index is 13.6. The molecule has 0 aliphatic rings. The van der Waals surface area contributed by atoms with Gasteiger partial charge in [-0.1, -0.05) is 33.6 Å². The highest BCUT2D eigenvalue weighted by molar-refractivity contribution is 9.10. The van der Waals surface area contributed by atoms with Crippen LogP contribution in [0.1, 0.15) is 0 Å². The summed E-state index contributed by atoms with van der Waals surface area (Å²) in [5.74, 6) is -2.01. The Bertz CT molecular complexity index is 659. The third-order valence-electron chi connectivity index (χ3n) is 2.54. The lowest BCUT2D eigenvalue weighted by atomic mass is 10.3. The number of anilines is 2. The Morgan fingerprint density at radius 3 is 2.48 bits per heavy atom. The summed E-state index contributed by atoms with van der Waals surface area (Å²) in [5, 5.41) is 5.47. The van der Waals surface area contributed by atoms with E-state index < -0.39 is 17.5 Å². The molecule has 0 unspecified atom stereocenters. The number of carbonyl (C=O) groups is 1. The molecule has 0 aliphatic heterocycles. The first kappa shape index (κ1) is 15.7. The summed E-state index contributed by atoms with van der Waals surface area (Å²) in [6.45, 7) is -0.276. The highest BCUT2D eigenvalue weighted by atomic mass is 79.9. The van der Waals surface area contributed by atoms with Gasteiger partial charge in [-0.25, -0.2) is 8.78 Å². The molecule has 0 aliphatic carbocycles. The van der Waals surface area contributed by atoms with Crippen molar-refractivity contribution >= 4 is 44.8 Å². The normalized spacial score (nSPS) is 10.3. The fraction of sp³-hybridized carbons (Fsp3) is 0.0714. The summed E-state index contributed by atoms with van der Waals surface area (Å²) < 4.78 is 27.4. The van der Waals surface area contributed by atoms with Crippen molar-refractivity contribution in [2.45, 2.75) is 0 Å². The molecule has 21 heavy (non-hydrogen) atoms. The first-order chi connectivity index (χ1) is 9.95. The van der Waals surface area contributed by atoms with Crippen LogP contribution in [0.2, 0.25) is 5.02 Å². The fourth-order valence-electron chi connectivity index (χ4n) is 1.65. The van der Waals surface area contributed by atoms with Gasteiger partial charge in [-0.05, 0) is 30.3 Å². The smallest absolute Gasteiger partial charge is 0.243 e. The van der Waals surface area contributed by atoms with E-state index in [0.29, 0.717) is 10.7 Å². The van der Waals surface area contributed by atoms with Crippen molar-refractivity contribution in [1.82, 2.24) is 0 Å². The topological polar surface area (TPSA) is 41.1 Å². The zero-order chi connectivity index (χ0) is 15.4. The van der Waals surface area contributed by atoms with Gasteiger partial charge in [0.1, 0.15) is 17.3 Å². The van der Waals surface area contributed by atoms with Crippen molar-refractivity contribution in [2.75, 3.05) is 17.2 Å². The molecular formula is C14H10BrClF2N2O. The van der Waals surface area contributed by atoms with Crippen molar-refractivity contribution < 1.29 is 13.6 Å². The van der Waals surface area contributed by atoms with Gasteiger partial charge in [-0.2, -0.15) is 0 Å². The average Bonchev–Trinajstić information content (AvgIpc) is 2.37. The van der Waals surface area contributed by atoms with E-state index >= 15 is 0 Å². The Morgan fingerprint density at radius 1 is 1.19 bits per heavy atom. The van der Waals surface area contributed by atoms with E-state index in [4.69, 9.17) is 11.6 Å². The number of benzene rings is 2. The van der Waals surface area contributed by atoms with Crippen LogP contribution in [0.3, 0.4) is 0 Å². The highest BCUT2D eigenvalue weighted by Crippen LogP contribution is 2.23. The van der Waals surface area contributed by atoms with Gasteiger partial charge in [0.05, 0.1) is 6.54 Å². The maximum Gasteiger partial charge on any atom is 0.243 e. The quantitative estimate of drug-likeness (QED) is 0.830. The number of hydrogen-bond acceptors (Lipinski definition) is 2. The lowest BCUT2D eigenvalue weighted by Crippen LogP contribution is -2.22. The molecule has 0 saturated carbocycles. The van der Waals surface area contributed by atoms with E-state index in [1.165, 1.54) is 0 Å². The molecule has 2 rings (SSSR count). The molecule has 2 aromatic rings. The molecule has 110 valence electrons. The van der Waals surface area contributed by atoms with Crippen LogP contribution in [0.4, 0.5) is 20.2 Å². The standard InChI is InChI=1S/C14H10BrClF2N2O/c15-8-4-11(17)14(12(18)5-8)19-7-13(21)20-10-3-1-2-9(16)6-10/h1-6,19H,7H2,(H,20,21). The first-order valence-electron chi connectivity index (χ1n) is 5.89. The van der Waals surface area contributed by atoms with Crippen molar-refractivity contribution in [3.63, 3.8) is 0 Å². The van der Waals surface area contributed by atoms with Crippen LogP contribution in [0, 0.1) is 11.6 Å². The minimum atomic E-state index is -0.780. The molecule has 0 saturated heterocycles. The van der Waals surface area contributed by atoms with Gasteiger partial charge in [0, 0.05) is 15.2 Å². The van der Waals surface area contributed by atoms with E-state index in [2.05, 4.69) is 26.6 Å². The summed E-state index contributed by atoms with van der Waals surface area (Å²) in [6, 6.07) is 8.80. The molecule has 3 nitrogen and oxygen atoms in total. The SMILES string of the molecule is O=C(CNc1c(F)cc(Br)cc1F)Nc1cccc(Cl)c1. The van der Waals surface area contributed by atoms with Crippen molar-refractivity contribution in [3.05, 3.63) is 57.5 Å². The summed E-state index contributed by atoms with van der Waals surface area (Å²) in [5.41, 5.74) is 0.158. The average molecular weight is 376 g/mol. The molecule has 7 heteroatoms. The van der Waals surface area contributed by atoms with Gasteiger partial charge >= 0.3 is 0 Å². The zero-order valence-electron chi connectivity index (χ0n) is 10.6. The summed E-state index contributed by atoms with van der Waals surface area (Å²) in [7, 11) is 0. The van der Waals surface area contributed by atoms with Gasteiger partial charge in [0.15, 0.2) is 0 Å². The van der Waals surface area contributed by atoms with E-state index in [0.717, 1.165) is 12.1 Å². The molecular weight excluding hydrogens is 366 g/mol. The molecule has 2 N–H and O–H groups in total. The molecule has 1 amide bonds. The molecule has 0 spiro atoms. The van der Waals surface area contributed by atoms with Crippen molar-refractivity contribution in [3.8, 4) is 0 Å². The maximum atomic E-state index is 13.6. The Balaban J connectivity index is 1.99. The summed E-state index contributed by atoms with van der Waals surface area (Å²) >= 11 is 8.77. The minimum Gasteiger partial charge on any atom is -0.371 e. The van der Waals surface area contributed by atoms with Gasteiger partial charge < -0.3 is 10.6 Å². The van der Waals surface area contributed by atoms with Gasteiger partial charge in [-0.15, -0.1) is 0 Å². The largest absolute Gasteiger partial charge is 0.371 e. The summed E-state index contributed by atoms with van der Waals surface area (Å²) in [6.07, 6.45) is 0. The number of amides is 1. The molecule has 0 bridgehead atoms. The van der Waals surface area contributed by atoms with Gasteiger partial charge in [0.2, 0.25) is 5.91 Å². The van der Waals surface area contributed by atoms with Crippen LogP contribution in [-0.4, -0.2) is 12.5 Å². The second-order valence-electron chi connectivity index (χ2n) is 4.16. The van der Waals surface area contributed by atoms with E-state index in [-0.39, 0.29) is 16.7 Å². The Labute approximate surface area is 133 Å². The molecule has 0 heterocycles. The van der Waals surface area contributed by atoms with E-state index in [1.54, 1.807) is 24.3 Å². The lowest BCUT2D eigenvalue weighted by Gasteiger charge is -2.10. The second-order valence-corrected chi connectivity index (χ2v) is 5.51.